The van der Waals surface area contributed by atoms with Crippen LogP contribution >= 0.6 is 0 Å². The van der Waals surface area contributed by atoms with Gasteiger partial charge >= 0.3 is 17.9 Å². The molecule has 0 aromatic rings. The van der Waals surface area contributed by atoms with Crippen LogP contribution in [0.3, 0.4) is 0 Å². The summed E-state index contributed by atoms with van der Waals surface area (Å²) in [6.45, 7) is 8.00. The number of aliphatic hydroxyl groups is 2. The average Bonchev–Trinajstić information content (AvgIpc) is 3.25. The summed E-state index contributed by atoms with van der Waals surface area (Å²) in [6.07, 6.45) is 8.83. The monoisotopic (exact) mass is 550 g/mol. The molecular weight excluding hydrogens is 500 g/mol. The van der Waals surface area contributed by atoms with Crippen molar-refractivity contribution < 1.29 is 39.2 Å². The van der Waals surface area contributed by atoms with Crippen molar-refractivity contribution in [3.63, 3.8) is 0 Å². The first kappa shape index (κ1) is 30.3. The Labute approximate surface area is 233 Å². The molecule has 4 rings (SSSR count). The highest BCUT2D eigenvalue weighted by Gasteiger charge is 2.63. The summed E-state index contributed by atoms with van der Waals surface area (Å²) < 4.78 is 10.0. The summed E-state index contributed by atoms with van der Waals surface area (Å²) in [5.41, 5.74) is 0.0698. The van der Waals surface area contributed by atoms with Crippen LogP contribution in [0.25, 0.3) is 0 Å². The SMILES string of the molecule is CC(CCC(=O)OCOC(=O)CC[C@@H](C)C1CCC2C3CC[C@@H]4C[C@H](O)CC[C@]4(C)C3C[C@H](O)[C@@]21C)C(=O)O. The van der Waals surface area contributed by atoms with Crippen molar-refractivity contribution >= 4 is 17.9 Å². The van der Waals surface area contributed by atoms with E-state index in [0.29, 0.717) is 36.0 Å². The predicted molar refractivity (Wildman–Crippen MR) is 144 cm³/mol. The summed E-state index contributed by atoms with van der Waals surface area (Å²) >= 11 is 0. The molecule has 4 aliphatic carbocycles. The van der Waals surface area contributed by atoms with Crippen LogP contribution in [0, 0.1) is 52.3 Å². The largest absolute Gasteiger partial charge is 0.481 e. The molecule has 39 heavy (non-hydrogen) atoms. The van der Waals surface area contributed by atoms with Gasteiger partial charge in [0.25, 0.3) is 0 Å². The number of carbonyl (C=O) groups excluding carboxylic acids is 2. The van der Waals surface area contributed by atoms with Gasteiger partial charge in [-0.05, 0) is 111 Å². The lowest BCUT2D eigenvalue weighted by atomic mass is 9.43. The van der Waals surface area contributed by atoms with Crippen molar-refractivity contribution in [2.24, 2.45) is 52.3 Å². The Balaban J connectivity index is 1.27. The molecule has 222 valence electrons. The van der Waals surface area contributed by atoms with Crippen molar-refractivity contribution in [2.45, 2.75) is 117 Å². The van der Waals surface area contributed by atoms with Crippen LogP contribution in [0.1, 0.15) is 105 Å². The van der Waals surface area contributed by atoms with Gasteiger partial charge < -0.3 is 24.8 Å². The fourth-order valence-corrected chi connectivity index (χ4v) is 9.47. The molecule has 0 aromatic heterocycles. The van der Waals surface area contributed by atoms with E-state index in [4.69, 9.17) is 14.6 Å². The van der Waals surface area contributed by atoms with Gasteiger partial charge in [0.2, 0.25) is 6.79 Å². The molecule has 8 heteroatoms. The van der Waals surface area contributed by atoms with Gasteiger partial charge in [-0.3, -0.25) is 14.4 Å². The molecule has 0 saturated heterocycles. The summed E-state index contributed by atoms with van der Waals surface area (Å²) in [7, 11) is 0. The van der Waals surface area contributed by atoms with Gasteiger partial charge in [0.15, 0.2) is 0 Å². The zero-order valence-corrected chi connectivity index (χ0v) is 24.3. The van der Waals surface area contributed by atoms with Gasteiger partial charge in [-0.25, -0.2) is 0 Å². The Kier molecular flexibility index (Phi) is 9.36. The topological polar surface area (TPSA) is 130 Å². The maximum Gasteiger partial charge on any atom is 0.308 e. The number of rotatable bonds is 10. The minimum Gasteiger partial charge on any atom is -0.481 e. The van der Waals surface area contributed by atoms with Gasteiger partial charge in [-0.2, -0.15) is 0 Å². The number of ether oxygens (including phenoxy) is 2. The van der Waals surface area contributed by atoms with E-state index in [-0.39, 0.29) is 48.2 Å². The molecule has 0 aromatic carbocycles. The second-order valence-electron chi connectivity index (χ2n) is 13.8. The smallest absolute Gasteiger partial charge is 0.308 e. The Bertz CT molecular complexity index is 905. The zero-order chi connectivity index (χ0) is 28.5. The lowest BCUT2D eigenvalue weighted by molar-refractivity contribution is -0.175. The molecule has 0 aliphatic heterocycles. The number of aliphatic carboxylic acids is 1. The van der Waals surface area contributed by atoms with Gasteiger partial charge in [-0.1, -0.05) is 27.7 Å². The number of esters is 2. The lowest BCUT2D eigenvalue weighted by Gasteiger charge is -2.62. The van der Waals surface area contributed by atoms with Crippen LogP contribution in [-0.2, 0) is 23.9 Å². The summed E-state index contributed by atoms with van der Waals surface area (Å²) in [4.78, 5) is 35.0. The third kappa shape index (κ3) is 6.02. The summed E-state index contributed by atoms with van der Waals surface area (Å²) in [6, 6.07) is 0. The van der Waals surface area contributed by atoms with E-state index in [9.17, 15) is 24.6 Å². The van der Waals surface area contributed by atoms with Crippen LogP contribution in [-0.4, -0.2) is 52.2 Å². The molecule has 5 unspecified atom stereocenters. The molecule has 0 amide bonds. The van der Waals surface area contributed by atoms with E-state index in [0.717, 1.165) is 38.5 Å². The van der Waals surface area contributed by atoms with E-state index >= 15 is 0 Å². The first-order valence-corrected chi connectivity index (χ1v) is 15.3. The molecule has 0 spiro atoms. The third-order valence-corrected chi connectivity index (χ3v) is 11.9. The predicted octanol–water partition coefficient (Wildman–Crippen LogP) is 4.94. The van der Waals surface area contributed by atoms with Gasteiger partial charge in [0.1, 0.15) is 0 Å². The number of hydrogen-bond acceptors (Lipinski definition) is 7. The van der Waals surface area contributed by atoms with Crippen LogP contribution in [0.15, 0.2) is 0 Å². The van der Waals surface area contributed by atoms with Crippen LogP contribution in [0.2, 0.25) is 0 Å². The van der Waals surface area contributed by atoms with Gasteiger partial charge in [0, 0.05) is 12.8 Å². The highest BCUT2D eigenvalue weighted by Crippen LogP contribution is 2.68. The van der Waals surface area contributed by atoms with E-state index in [1.54, 1.807) is 0 Å². The van der Waals surface area contributed by atoms with Gasteiger partial charge in [0.05, 0.1) is 18.1 Å². The molecule has 3 N–H and O–H groups in total. The fourth-order valence-electron chi connectivity index (χ4n) is 9.47. The molecule has 4 fully saturated rings. The Morgan fingerprint density at radius 3 is 2.21 bits per heavy atom. The Morgan fingerprint density at radius 2 is 1.54 bits per heavy atom. The molecule has 0 heterocycles. The normalized spacial score (nSPS) is 40.9. The number of carboxylic acid groups (broad SMARTS) is 1. The summed E-state index contributed by atoms with van der Waals surface area (Å²) in [5.74, 6) is 0.238. The minimum absolute atomic E-state index is 0.0323. The van der Waals surface area contributed by atoms with E-state index < -0.39 is 30.6 Å². The third-order valence-electron chi connectivity index (χ3n) is 11.9. The zero-order valence-electron chi connectivity index (χ0n) is 24.3. The molecule has 0 bridgehead atoms. The Hall–Kier alpha value is -1.67. The number of aliphatic hydroxyl groups excluding tert-OH is 2. The molecule has 8 nitrogen and oxygen atoms in total. The Morgan fingerprint density at radius 1 is 0.872 bits per heavy atom. The first-order valence-electron chi connectivity index (χ1n) is 15.3. The van der Waals surface area contributed by atoms with Crippen LogP contribution in [0.5, 0.6) is 0 Å². The van der Waals surface area contributed by atoms with Crippen molar-refractivity contribution in [3.05, 3.63) is 0 Å². The lowest BCUT2D eigenvalue weighted by Crippen LogP contribution is -2.58. The number of carboxylic acids is 1. The highest BCUT2D eigenvalue weighted by atomic mass is 16.7. The molecule has 4 saturated carbocycles. The maximum absolute atomic E-state index is 12.3. The molecule has 4 aliphatic rings. The van der Waals surface area contributed by atoms with E-state index in [1.165, 1.54) is 19.8 Å². The standard InChI is InChI=1S/C31H50O8/c1-18(5-11-27(34)38-17-39-28(35)12-6-19(2)29(36)37)23-9-10-24-22-8-7-20-15-21(32)13-14-30(20,3)25(22)16-26(33)31(23,24)4/h18-26,32-33H,5-17H2,1-4H3,(H,36,37)/t18-,19?,20-,21-,22?,23?,24?,25?,26+,30+,31-/m1/s1. The number of hydrogen-bond donors (Lipinski definition) is 3. The van der Waals surface area contributed by atoms with Crippen molar-refractivity contribution in [3.8, 4) is 0 Å². The maximum atomic E-state index is 12.3. The fraction of sp³-hybridized carbons (Fsp3) is 0.903. The van der Waals surface area contributed by atoms with E-state index in [1.807, 2.05) is 0 Å². The minimum atomic E-state index is -0.960. The van der Waals surface area contributed by atoms with Crippen molar-refractivity contribution in [2.75, 3.05) is 6.79 Å². The summed E-state index contributed by atoms with van der Waals surface area (Å²) in [5, 5.41) is 30.9. The number of carbonyl (C=O) groups is 3. The van der Waals surface area contributed by atoms with Gasteiger partial charge in [-0.15, -0.1) is 0 Å². The van der Waals surface area contributed by atoms with Crippen molar-refractivity contribution in [1.29, 1.82) is 0 Å². The quantitative estimate of drug-likeness (QED) is 0.258. The number of fused-ring (bicyclic) bond motifs is 5. The highest BCUT2D eigenvalue weighted by molar-refractivity contribution is 5.73. The first-order chi connectivity index (χ1) is 18.4. The second-order valence-corrected chi connectivity index (χ2v) is 13.8. The molecule has 0 radical (unpaired) electrons. The van der Waals surface area contributed by atoms with E-state index in [2.05, 4.69) is 20.8 Å². The van der Waals surface area contributed by atoms with Crippen LogP contribution in [0.4, 0.5) is 0 Å². The molecule has 11 atom stereocenters. The second kappa shape index (κ2) is 12.1. The average molecular weight is 551 g/mol. The molecular formula is C31H50O8. The van der Waals surface area contributed by atoms with Crippen molar-refractivity contribution in [1.82, 2.24) is 0 Å². The van der Waals surface area contributed by atoms with Crippen LogP contribution < -0.4 is 0 Å².